The zero-order valence-corrected chi connectivity index (χ0v) is 14.1. The Labute approximate surface area is 133 Å². The molecule has 0 aliphatic carbocycles. The minimum Gasteiger partial charge on any atom is -0.309 e. The fourth-order valence-electron chi connectivity index (χ4n) is 2.28. The van der Waals surface area contributed by atoms with Gasteiger partial charge >= 0.3 is 0 Å². The van der Waals surface area contributed by atoms with Crippen LogP contribution in [0.15, 0.2) is 17.1 Å². The molecule has 118 valence electrons. The van der Waals surface area contributed by atoms with Crippen LogP contribution < -0.4 is 5.56 Å². The molecular weight excluding hydrogens is 336 g/mol. The van der Waals surface area contributed by atoms with E-state index in [9.17, 15) is 14.9 Å². The lowest BCUT2D eigenvalue weighted by Gasteiger charge is -2.06. The Morgan fingerprint density at radius 2 is 1.71 bits per heavy atom. The lowest BCUT2D eigenvalue weighted by atomic mass is 10.1. The first-order valence-electron chi connectivity index (χ1n) is 7.47. The van der Waals surface area contributed by atoms with Crippen LogP contribution in [0.1, 0.15) is 50.5 Å². The number of nitro groups is 1. The highest BCUT2D eigenvalue weighted by molar-refractivity contribution is 9.09. The molecule has 21 heavy (non-hydrogen) atoms. The molecule has 0 aromatic carbocycles. The van der Waals surface area contributed by atoms with Crippen molar-refractivity contribution in [3.63, 3.8) is 0 Å². The number of alkyl halides is 1. The molecule has 5 nitrogen and oxygen atoms in total. The minimum atomic E-state index is -0.435. The maximum Gasteiger partial charge on any atom is 0.288 e. The van der Waals surface area contributed by atoms with E-state index in [-0.39, 0.29) is 11.2 Å². The molecule has 0 bridgehead atoms. The van der Waals surface area contributed by atoms with E-state index < -0.39 is 4.92 Å². The van der Waals surface area contributed by atoms with Gasteiger partial charge in [0.05, 0.1) is 11.1 Å². The molecule has 0 aliphatic rings. The second kappa shape index (κ2) is 9.71. The number of pyridine rings is 1. The van der Waals surface area contributed by atoms with E-state index in [1.165, 1.54) is 42.5 Å². The van der Waals surface area contributed by atoms with Gasteiger partial charge in [-0.15, -0.1) is 0 Å². The van der Waals surface area contributed by atoms with Crippen molar-refractivity contribution < 1.29 is 4.92 Å². The Morgan fingerprint density at radius 1 is 1.14 bits per heavy atom. The molecule has 0 atom stereocenters. The molecule has 0 spiro atoms. The van der Waals surface area contributed by atoms with Gasteiger partial charge in [0.2, 0.25) is 0 Å². The first kappa shape index (κ1) is 17.9. The fraction of sp³-hybridized carbons (Fsp3) is 0.667. The summed E-state index contributed by atoms with van der Waals surface area (Å²) in [4.78, 5) is 22.2. The molecule has 1 aromatic heterocycles. The first-order valence-corrected chi connectivity index (χ1v) is 8.60. The maximum atomic E-state index is 11.8. The summed E-state index contributed by atoms with van der Waals surface area (Å²) in [5, 5.41) is 11.9. The SMILES string of the molecule is Cc1cc(=O)n(CCCCCCCCCBr)cc1[N+](=O)[O-]. The van der Waals surface area contributed by atoms with Crippen LogP contribution in [0.25, 0.3) is 0 Å². The Kier molecular flexibility index (Phi) is 8.27. The highest BCUT2D eigenvalue weighted by Gasteiger charge is 2.12. The van der Waals surface area contributed by atoms with E-state index in [0.29, 0.717) is 12.1 Å². The highest BCUT2D eigenvalue weighted by atomic mass is 79.9. The van der Waals surface area contributed by atoms with Crippen molar-refractivity contribution in [1.82, 2.24) is 4.57 Å². The van der Waals surface area contributed by atoms with Crippen molar-refractivity contribution in [3.05, 3.63) is 38.3 Å². The lowest BCUT2D eigenvalue weighted by Crippen LogP contribution is -2.20. The number of aromatic nitrogens is 1. The van der Waals surface area contributed by atoms with Gasteiger partial charge < -0.3 is 4.57 Å². The molecule has 0 fully saturated rings. The summed E-state index contributed by atoms with van der Waals surface area (Å²) in [7, 11) is 0. The summed E-state index contributed by atoms with van der Waals surface area (Å²) in [6.45, 7) is 2.15. The maximum absolute atomic E-state index is 11.8. The summed E-state index contributed by atoms with van der Waals surface area (Å²) in [5.41, 5.74) is 0.285. The molecule has 1 heterocycles. The van der Waals surface area contributed by atoms with Crippen LogP contribution in [-0.2, 0) is 6.54 Å². The van der Waals surface area contributed by atoms with Crippen LogP contribution in [0.4, 0.5) is 5.69 Å². The van der Waals surface area contributed by atoms with E-state index in [4.69, 9.17) is 0 Å². The van der Waals surface area contributed by atoms with Crippen LogP contribution in [0.2, 0.25) is 0 Å². The van der Waals surface area contributed by atoms with Gasteiger partial charge in [-0.2, -0.15) is 0 Å². The minimum absolute atomic E-state index is 0.0179. The monoisotopic (exact) mass is 358 g/mol. The summed E-state index contributed by atoms with van der Waals surface area (Å²) < 4.78 is 1.45. The summed E-state index contributed by atoms with van der Waals surface area (Å²) in [5.74, 6) is 0. The summed E-state index contributed by atoms with van der Waals surface area (Å²) in [6.07, 6.45) is 9.43. The molecule has 1 aromatic rings. The molecule has 0 saturated carbocycles. The van der Waals surface area contributed by atoms with E-state index >= 15 is 0 Å². The Morgan fingerprint density at radius 3 is 2.29 bits per heavy atom. The zero-order valence-electron chi connectivity index (χ0n) is 12.5. The van der Waals surface area contributed by atoms with Gasteiger partial charge in [0, 0.05) is 23.5 Å². The van der Waals surface area contributed by atoms with Gasteiger partial charge in [-0.05, 0) is 19.8 Å². The van der Waals surface area contributed by atoms with Gasteiger partial charge in [0.15, 0.2) is 0 Å². The number of hydrogen-bond acceptors (Lipinski definition) is 3. The standard InChI is InChI=1S/C15H23BrN2O3/c1-13-11-15(19)17(12-14(13)18(20)21)10-8-6-4-2-3-5-7-9-16/h11-12H,2-10H2,1H3. The number of rotatable bonds is 10. The smallest absolute Gasteiger partial charge is 0.288 e. The van der Waals surface area contributed by atoms with Crippen LogP contribution in [0.5, 0.6) is 0 Å². The van der Waals surface area contributed by atoms with E-state index in [1.807, 2.05) is 0 Å². The normalized spacial score (nSPS) is 10.8. The second-order valence-corrected chi connectivity index (χ2v) is 6.09. The van der Waals surface area contributed by atoms with Crippen LogP contribution in [0.3, 0.4) is 0 Å². The average molecular weight is 359 g/mol. The fourth-order valence-corrected chi connectivity index (χ4v) is 2.68. The Bertz CT molecular complexity index is 514. The number of nitrogens with zero attached hydrogens (tertiary/aromatic N) is 2. The quantitative estimate of drug-likeness (QED) is 0.272. The molecule has 0 saturated heterocycles. The van der Waals surface area contributed by atoms with Crippen molar-refractivity contribution in [2.75, 3.05) is 5.33 Å². The molecular formula is C15H23BrN2O3. The predicted molar refractivity (Wildman–Crippen MR) is 88.2 cm³/mol. The third-order valence-corrected chi connectivity index (χ3v) is 4.10. The van der Waals surface area contributed by atoms with Gasteiger partial charge in [-0.1, -0.05) is 48.0 Å². The topological polar surface area (TPSA) is 65.1 Å². The first-order chi connectivity index (χ1) is 10.1. The molecule has 0 unspecified atom stereocenters. The molecule has 0 N–H and O–H groups in total. The van der Waals surface area contributed by atoms with Crippen LogP contribution in [-0.4, -0.2) is 14.8 Å². The van der Waals surface area contributed by atoms with Gasteiger partial charge in [-0.25, -0.2) is 0 Å². The Hall–Kier alpha value is -1.17. The van der Waals surface area contributed by atoms with Crippen molar-refractivity contribution >= 4 is 21.6 Å². The third kappa shape index (κ3) is 6.42. The third-order valence-electron chi connectivity index (χ3n) is 3.53. The van der Waals surface area contributed by atoms with Gasteiger partial charge in [0.25, 0.3) is 11.2 Å². The van der Waals surface area contributed by atoms with Crippen molar-refractivity contribution in [1.29, 1.82) is 0 Å². The lowest BCUT2D eigenvalue weighted by molar-refractivity contribution is -0.385. The summed E-state index contributed by atoms with van der Waals surface area (Å²) in [6, 6.07) is 1.35. The predicted octanol–water partition coefficient (Wildman–Crippen LogP) is 4.19. The molecule has 0 aliphatic heterocycles. The van der Waals surface area contributed by atoms with E-state index in [0.717, 1.165) is 24.6 Å². The Balaban J connectivity index is 2.37. The van der Waals surface area contributed by atoms with E-state index in [1.54, 1.807) is 6.92 Å². The highest BCUT2D eigenvalue weighted by Crippen LogP contribution is 2.15. The molecule has 6 heteroatoms. The van der Waals surface area contributed by atoms with Crippen molar-refractivity contribution in [2.24, 2.45) is 0 Å². The number of halogens is 1. The van der Waals surface area contributed by atoms with Crippen LogP contribution in [0, 0.1) is 17.0 Å². The number of hydrogen-bond donors (Lipinski definition) is 0. The molecule has 1 rings (SSSR count). The number of unbranched alkanes of at least 4 members (excludes halogenated alkanes) is 6. The zero-order chi connectivity index (χ0) is 15.7. The van der Waals surface area contributed by atoms with Crippen LogP contribution >= 0.6 is 15.9 Å². The van der Waals surface area contributed by atoms with Gasteiger partial charge in [0.1, 0.15) is 0 Å². The molecule has 0 amide bonds. The number of aryl methyl sites for hydroxylation is 2. The van der Waals surface area contributed by atoms with Crippen molar-refractivity contribution in [2.45, 2.75) is 58.4 Å². The second-order valence-electron chi connectivity index (χ2n) is 5.29. The largest absolute Gasteiger partial charge is 0.309 e. The van der Waals surface area contributed by atoms with Crippen molar-refractivity contribution in [3.8, 4) is 0 Å². The summed E-state index contributed by atoms with van der Waals surface area (Å²) >= 11 is 3.42. The average Bonchev–Trinajstić information content (AvgIpc) is 2.43. The molecule has 0 radical (unpaired) electrons. The van der Waals surface area contributed by atoms with Gasteiger partial charge in [-0.3, -0.25) is 14.9 Å². The van der Waals surface area contributed by atoms with E-state index in [2.05, 4.69) is 15.9 Å².